The normalized spacial score (nSPS) is 18.3. The molecule has 0 aliphatic carbocycles. The summed E-state index contributed by atoms with van der Waals surface area (Å²) in [5.41, 5.74) is -0.209. The molecular weight excluding hydrogens is 288 g/mol. The lowest BCUT2D eigenvalue weighted by Gasteiger charge is -2.24. The highest BCUT2D eigenvalue weighted by molar-refractivity contribution is 5.78. The first-order valence-corrected chi connectivity index (χ1v) is 5.86. The molecular formula is C12H11F2N3O4. The second-order valence-electron chi connectivity index (χ2n) is 4.22. The minimum absolute atomic E-state index is 0.0422. The number of allylic oxidation sites excluding steroid dienone is 1. The van der Waals surface area contributed by atoms with E-state index in [1.807, 2.05) is 0 Å². The zero-order valence-corrected chi connectivity index (χ0v) is 10.8. The molecule has 21 heavy (non-hydrogen) atoms. The molecule has 112 valence electrons. The second-order valence-corrected chi connectivity index (χ2v) is 4.22. The Kier molecular flexibility index (Phi) is 4.01. The molecule has 1 aliphatic rings. The van der Waals surface area contributed by atoms with Crippen LogP contribution in [0.1, 0.15) is 18.5 Å². The molecule has 1 unspecified atom stereocenters. The molecule has 1 aliphatic heterocycles. The maximum atomic E-state index is 12.4. The molecule has 2 N–H and O–H groups in total. The van der Waals surface area contributed by atoms with Crippen LogP contribution in [0.15, 0.2) is 35.7 Å². The fourth-order valence-electron chi connectivity index (χ4n) is 2.08. The van der Waals surface area contributed by atoms with E-state index < -0.39 is 23.6 Å². The highest BCUT2D eigenvalue weighted by Crippen LogP contribution is 2.33. The number of hydrogen-bond acceptors (Lipinski definition) is 4. The number of benzene rings is 1. The van der Waals surface area contributed by atoms with Crippen molar-refractivity contribution in [2.75, 3.05) is 0 Å². The molecule has 0 radical (unpaired) electrons. The van der Waals surface area contributed by atoms with Crippen LogP contribution in [-0.2, 0) is 0 Å². The largest absolute Gasteiger partial charge is 0.434 e. The Morgan fingerprint density at radius 2 is 2.05 bits per heavy atom. The molecule has 9 heteroatoms. The third-order valence-electron chi connectivity index (χ3n) is 2.88. The van der Waals surface area contributed by atoms with Gasteiger partial charge in [-0.2, -0.15) is 8.78 Å². The lowest BCUT2D eigenvalue weighted by molar-refractivity contribution is -0.432. The van der Waals surface area contributed by atoms with Gasteiger partial charge in [-0.3, -0.25) is 10.1 Å². The molecule has 2 rings (SSSR count). The molecule has 1 heterocycles. The Balaban J connectivity index is 2.51. The van der Waals surface area contributed by atoms with Crippen LogP contribution in [0, 0.1) is 10.1 Å². The molecule has 0 spiro atoms. The summed E-state index contributed by atoms with van der Waals surface area (Å²) in [6.07, 6.45) is 0. The number of nitro groups is 1. The van der Waals surface area contributed by atoms with E-state index in [1.165, 1.54) is 31.2 Å². The van der Waals surface area contributed by atoms with Gasteiger partial charge in [0.2, 0.25) is 0 Å². The molecule has 1 aromatic rings. The number of nitrogens with zero attached hydrogens (tertiary/aromatic N) is 1. The van der Waals surface area contributed by atoms with E-state index in [2.05, 4.69) is 15.4 Å². The van der Waals surface area contributed by atoms with Gasteiger partial charge in [-0.05, 0) is 13.0 Å². The Morgan fingerprint density at radius 3 is 2.67 bits per heavy atom. The monoisotopic (exact) mass is 299 g/mol. The average Bonchev–Trinajstić information content (AvgIpc) is 2.37. The number of alkyl halides is 2. The average molecular weight is 299 g/mol. The zero-order valence-electron chi connectivity index (χ0n) is 10.8. The first kappa shape index (κ1) is 14.7. The van der Waals surface area contributed by atoms with Crippen molar-refractivity contribution < 1.29 is 23.2 Å². The number of ether oxygens (including phenoxy) is 1. The standard InChI is InChI=1S/C12H11F2N3O4/c1-6-10(17(19)20)9(16-12(18)15-6)7-4-2-3-5-8(7)21-11(13)14/h2-5,9,11H,1H3,(H2,15,16,18). The number of carbonyl (C=O) groups is 1. The van der Waals surface area contributed by atoms with Crippen LogP contribution in [0.5, 0.6) is 5.75 Å². The first-order chi connectivity index (χ1) is 9.90. The predicted octanol–water partition coefficient (Wildman–Crippen LogP) is 2.15. The van der Waals surface area contributed by atoms with Gasteiger partial charge < -0.3 is 15.4 Å². The minimum Gasteiger partial charge on any atom is -0.434 e. The maximum Gasteiger partial charge on any atom is 0.387 e. The zero-order chi connectivity index (χ0) is 15.6. The SMILES string of the molecule is CC1=C([N+](=O)[O-])C(c2ccccc2OC(F)F)NC(=O)N1. The lowest BCUT2D eigenvalue weighted by atomic mass is 10.0. The Bertz CT molecular complexity index is 618. The van der Waals surface area contributed by atoms with Crippen molar-refractivity contribution in [1.29, 1.82) is 0 Å². The Hall–Kier alpha value is -2.71. The number of amides is 2. The number of halogens is 2. The quantitative estimate of drug-likeness (QED) is 0.658. The molecule has 1 aromatic carbocycles. The van der Waals surface area contributed by atoms with Crippen molar-refractivity contribution in [2.45, 2.75) is 19.6 Å². The molecule has 2 amide bonds. The van der Waals surface area contributed by atoms with Crippen molar-refractivity contribution in [1.82, 2.24) is 10.6 Å². The van der Waals surface area contributed by atoms with Gasteiger partial charge in [-0.1, -0.05) is 18.2 Å². The van der Waals surface area contributed by atoms with Crippen molar-refractivity contribution in [3.63, 3.8) is 0 Å². The van der Waals surface area contributed by atoms with E-state index in [0.717, 1.165) is 0 Å². The van der Waals surface area contributed by atoms with Crippen molar-refractivity contribution in [3.8, 4) is 5.75 Å². The van der Waals surface area contributed by atoms with Gasteiger partial charge in [0.25, 0.3) is 5.70 Å². The second kappa shape index (κ2) is 5.73. The summed E-state index contributed by atoms with van der Waals surface area (Å²) in [5.74, 6) is -0.230. The fourth-order valence-corrected chi connectivity index (χ4v) is 2.08. The molecule has 1 atom stereocenters. The molecule has 7 nitrogen and oxygen atoms in total. The topological polar surface area (TPSA) is 93.5 Å². The predicted molar refractivity (Wildman–Crippen MR) is 67.2 cm³/mol. The summed E-state index contributed by atoms with van der Waals surface area (Å²) in [6, 6.07) is 3.76. The smallest absolute Gasteiger partial charge is 0.387 e. The number of carbonyl (C=O) groups excluding carboxylic acids is 1. The van der Waals surface area contributed by atoms with Crippen molar-refractivity contribution >= 4 is 6.03 Å². The van der Waals surface area contributed by atoms with Crippen molar-refractivity contribution in [3.05, 3.63) is 51.3 Å². The van der Waals surface area contributed by atoms with E-state index in [4.69, 9.17) is 0 Å². The molecule has 0 saturated heterocycles. The van der Waals surface area contributed by atoms with E-state index in [9.17, 15) is 23.7 Å². The summed E-state index contributed by atoms with van der Waals surface area (Å²) in [6.45, 7) is -1.71. The van der Waals surface area contributed by atoms with Gasteiger partial charge in [0.15, 0.2) is 6.04 Å². The van der Waals surface area contributed by atoms with E-state index in [0.29, 0.717) is 0 Å². The molecule has 0 aromatic heterocycles. The van der Waals surface area contributed by atoms with E-state index in [1.54, 1.807) is 0 Å². The van der Waals surface area contributed by atoms with Crippen LogP contribution in [-0.4, -0.2) is 17.6 Å². The fraction of sp³-hybridized carbons (Fsp3) is 0.250. The van der Waals surface area contributed by atoms with Crippen LogP contribution in [0.3, 0.4) is 0 Å². The maximum absolute atomic E-state index is 12.4. The molecule has 0 saturated carbocycles. The van der Waals surface area contributed by atoms with Gasteiger partial charge in [0, 0.05) is 5.56 Å². The number of nitrogens with one attached hydrogen (secondary N) is 2. The molecule has 0 bridgehead atoms. The van der Waals surface area contributed by atoms with Gasteiger partial charge in [0.1, 0.15) is 5.75 Å². The Morgan fingerprint density at radius 1 is 1.38 bits per heavy atom. The van der Waals surface area contributed by atoms with Gasteiger partial charge in [-0.25, -0.2) is 4.79 Å². The summed E-state index contributed by atoms with van der Waals surface area (Å²) in [4.78, 5) is 22.0. The summed E-state index contributed by atoms with van der Waals surface area (Å²) < 4.78 is 29.2. The summed E-state index contributed by atoms with van der Waals surface area (Å²) in [5, 5.41) is 15.8. The van der Waals surface area contributed by atoms with Gasteiger partial charge in [-0.15, -0.1) is 0 Å². The van der Waals surface area contributed by atoms with Crippen LogP contribution in [0.25, 0.3) is 0 Å². The van der Waals surface area contributed by atoms with Gasteiger partial charge in [0.05, 0.1) is 10.6 Å². The summed E-state index contributed by atoms with van der Waals surface area (Å²) in [7, 11) is 0. The first-order valence-electron chi connectivity index (χ1n) is 5.86. The highest BCUT2D eigenvalue weighted by Gasteiger charge is 2.37. The van der Waals surface area contributed by atoms with Crippen LogP contribution in [0.2, 0.25) is 0 Å². The van der Waals surface area contributed by atoms with Crippen LogP contribution >= 0.6 is 0 Å². The number of urea groups is 1. The molecule has 0 fully saturated rings. The van der Waals surface area contributed by atoms with E-state index in [-0.39, 0.29) is 22.7 Å². The number of hydrogen-bond donors (Lipinski definition) is 2. The van der Waals surface area contributed by atoms with E-state index >= 15 is 0 Å². The third kappa shape index (κ3) is 3.07. The number of rotatable bonds is 4. The lowest BCUT2D eigenvalue weighted by Crippen LogP contribution is -2.45. The van der Waals surface area contributed by atoms with Gasteiger partial charge >= 0.3 is 12.6 Å². The number of para-hydroxylation sites is 1. The minimum atomic E-state index is -3.08. The summed E-state index contributed by atoms with van der Waals surface area (Å²) >= 11 is 0. The Labute approximate surface area is 117 Å². The van der Waals surface area contributed by atoms with Crippen LogP contribution < -0.4 is 15.4 Å². The van der Waals surface area contributed by atoms with Crippen molar-refractivity contribution in [2.24, 2.45) is 0 Å². The highest BCUT2D eigenvalue weighted by atomic mass is 19.3. The van der Waals surface area contributed by atoms with Crippen LogP contribution in [0.4, 0.5) is 13.6 Å². The third-order valence-corrected chi connectivity index (χ3v) is 2.88.